The van der Waals surface area contributed by atoms with E-state index in [-0.39, 0.29) is 24.2 Å². The van der Waals surface area contributed by atoms with Gasteiger partial charge in [0.25, 0.3) is 11.6 Å². The summed E-state index contributed by atoms with van der Waals surface area (Å²) in [5, 5.41) is 22.0. The van der Waals surface area contributed by atoms with E-state index >= 15 is 0 Å². The quantitative estimate of drug-likeness (QED) is 0.631. The zero-order valence-corrected chi connectivity index (χ0v) is 10.3. The van der Waals surface area contributed by atoms with Crippen LogP contribution in [0.5, 0.6) is 0 Å². The smallest absolute Gasteiger partial charge is 0.332 e. The average Bonchev–Trinajstić information content (AvgIpc) is 2.89. The van der Waals surface area contributed by atoms with E-state index in [1.165, 1.54) is 18.2 Å². The van der Waals surface area contributed by atoms with Crippen LogP contribution in [0.1, 0.15) is 12.8 Å². The maximum Gasteiger partial charge on any atom is 0.332 e. The van der Waals surface area contributed by atoms with E-state index in [4.69, 9.17) is 9.84 Å². The molecule has 1 heterocycles. The number of rotatable bonds is 4. The van der Waals surface area contributed by atoms with Gasteiger partial charge in [-0.3, -0.25) is 14.9 Å². The van der Waals surface area contributed by atoms with Crippen LogP contribution in [0.15, 0.2) is 24.3 Å². The summed E-state index contributed by atoms with van der Waals surface area (Å²) in [5.41, 5.74) is -0.168. The minimum absolute atomic E-state index is 0.0601. The fourth-order valence-electron chi connectivity index (χ4n) is 1.96. The summed E-state index contributed by atoms with van der Waals surface area (Å²) < 4.78 is 5.08. The second-order valence-corrected chi connectivity index (χ2v) is 4.29. The Labute approximate surface area is 113 Å². The minimum Gasteiger partial charge on any atom is -0.479 e. The number of carboxylic acids is 1. The predicted molar refractivity (Wildman–Crippen MR) is 67.3 cm³/mol. The van der Waals surface area contributed by atoms with Crippen molar-refractivity contribution in [1.29, 1.82) is 0 Å². The molecule has 1 aliphatic rings. The number of carbonyl (C=O) groups is 2. The van der Waals surface area contributed by atoms with Crippen LogP contribution in [-0.2, 0) is 14.3 Å². The number of hydrogen-bond acceptors (Lipinski definition) is 5. The van der Waals surface area contributed by atoms with Crippen LogP contribution >= 0.6 is 0 Å². The van der Waals surface area contributed by atoms with Crippen LogP contribution in [0.3, 0.4) is 0 Å². The minimum atomic E-state index is -1.12. The molecular formula is C12H12N2O6. The highest BCUT2D eigenvalue weighted by Crippen LogP contribution is 2.26. The first kappa shape index (κ1) is 13.9. The lowest BCUT2D eigenvalue weighted by Crippen LogP contribution is -2.30. The SMILES string of the molecule is O=C(O)C1CCC(C(=O)Nc2ccccc2[N+](=O)[O-])O1. The molecule has 2 unspecified atom stereocenters. The largest absolute Gasteiger partial charge is 0.479 e. The number of carbonyl (C=O) groups excluding carboxylic acids is 1. The van der Waals surface area contributed by atoms with Crippen molar-refractivity contribution in [2.24, 2.45) is 0 Å². The fraction of sp³-hybridized carbons (Fsp3) is 0.333. The van der Waals surface area contributed by atoms with Gasteiger partial charge < -0.3 is 15.2 Å². The molecule has 0 aromatic heterocycles. The van der Waals surface area contributed by atoms with Gasteiger partial charge in [0.15, 0.2) is 6.10 Å². The van der Waals surface area contributed by atoms with Gasteiger partial charge in [0.05, 0.1) is 4.92 Å². The monoisotopic (exact) mass is 280 g/mol. The molecule has 1 fully saturated rings. The number of para-hydroxylation sites is 2. The molecule has 1 aromatic carbocycles. The van der Waals surface area contributed by atoms with Crippen LogP contribution < -0.4 is 5.32 Å². The summed E-state index contributed by atoms with van der Waals surface area (Å²) in [5.74, 6) is -1.70. The van der Waals surface area contributed by atoms with E-state index in [0.29, 0.717) is 0 Å². The summed E-state index contributed by atoms with van der Waals surface area (Å²) in [6.45, 7) is 0. The summed E-state index contributed by atoms with van der Waals surface area (Å²) in [4.78, 5) is 32.8. The molecule has 0 spiro atoms. The Morgan fingerprint density at radius 2 is 1.95 bits per heavy atom. The van der Waals surface area contributed by atoms with Gasteiger partial charge >= 0.3 is 5.97 Å². The summed E-state index contributed by atoms with van der Waals surface area (Å²) in [6.07, 6.45) is -1.40. The molecular weight excluding hydrogens is 268 g/mol. The molecule has 2 atom stereocenters. The summed E-state index contributed by atoms with van der Waals surface area (Å²) in [7, 11) is 0. The van der Waals surface area contributed by atoms with Gasteiger partial charge in [-0.1, -0.05) is 12.1 Å². The van der Waals surface area contributed by atoms with Crippen LogP contribution in [-0.4, -0.2) is 34.1 Å². The number of hydrogen-bond donors (Lipinski definition) is 2. The van der Waals surface area contributed by atoms with Gasteiger partial charge in [-0.2, -0.15) is 0 Å². The number of carboxylic acid groups (broad SMARTS) is 1. The van der Waals surface area contributed by atoms with E-state index in [2.05, 4.69) is 5.32 Å². The van der Waals surface area contributed by atoms with Gasteiger partial charge in [0, 0.05) is 6.07 Å². The van der Waals surface area contributed by atoms with E-state index in [1.54, 1.807) is 6.07 Å². The summed E-state index contributed by atoms with van der Waals surface area (Å²) >= 11 is 0. The predicted octanol–water partition coefficient (Wildman–Crippen LogP) is 1.17. The molecule has 1 aromatic rings. The Bertz CT molecular complexity index is 559. The van der Waals surface area contributed by atoms with E-state index in [1.807, 2.05) is 0 Å². The zero-order chi connectivity index (χ0) is 14.7. The number of ether oxygens (including phenoxy) is 1. The van der Waals surface area contributed by atoms with Crippen molar-refractivity contribution in [3.05, 3.63) is 34.4 Å². The number of aliphatic carboxylic acids is 1. The first-order chi connectivity index (χ1) is 9.49. The van der Waals surface area contributed by atoms with Crippen molar-refractivity contribution < 1.29 is 24.4 Å². The fourth-order valence-corrected chi connectivity index (χ4v) is 1.96. The zero-order valence-electron chi connectivity index (χ0n) is 10.3. The number of anilines is 1. The van der Waals surface area contributed by atoms with Gasteiger partial charge in [-0.25, -0.2) is 4.79 Å². The average molecular weight is 280 g/mol. The van der Waals surface area contributed by atoms with Gasteiger partial charge in [-0.15, -0.1) is 0 Å². The lowest BCUT2D eigenvalue weighted by molar-refractivity contribution is -0.383. The highest BCUT2D eigenvalue weighted by atomic mass is 16.6. The molecule has 8 heteroatoms. The van der Waals surface area contributed by atoms with E-state index < -0.39 is 29.0 Å². The second-order valence-electron chi connectivity index (χ2n) is 4.29. The number of nitro benzene ring substituents is 1. The van der Waals surface area contributed by atoms with E-state index in [0.717, 1.165) is 0 Å². The molecule has 20 heavy (non-hydrogen) atoms. The molecule has 1 saturated heterocycles. The molecule has 8 nitrogen and oxygen atoms in total. The third kappa shape index (κ3) is 2.91. The van der Waals surface area contributed by atoms with Crippen LogP contribution in [0.2, 0.25) is 0 Å². The topological polar surface area (TPSA) is 119 Å². The number of nitrogens with one attached hydrogen (secondary N) is 1. The standard InChI is InChI=1S/C12H12N2O6/c15-11(9-5-6-10(20-9)12(16)17)13-7-3-1-2-4-8(7)14(18)19/h1-4,9-10H,5-6H2,(H,13,15)(H,16,17). The third-order valence-corrected chi connectivity index (χ3v) is 2.95. The molecule has 0 radical (unpaired) electrons. The van der Waals surface area contributed by atoms with Crippen molar-refractivity contribution in [1.82, 2.24) is 0 Å². The van der Waals surface area contributed by atoms with Gasteiger partial charge in [0.1, 0.15) is 11.8 Å². The van der Waals surface area contributed by atoms with Gasteiger partial charge in [0.2, 0.25) is 0 Å². The Morgan fingerprint density at radius 3 is 2.55 bits per heavy atom. The maximum absolute atomic E-state index is 11.9. The Kier molecular flexibility index (Phi) is 3.94. The lowest BCUT2D eigenvalue weighted by atomic mass is 10.2. The summed E-state index contributed by atoms with van der Waals surface area (Å²) in [6, 6.07) is 5.71. The van der Waals surface area contributed by atoms with Gasteiger partial charge in [-0.05, 0) is 18.9 Å². The number of nitrogens with zero attached hydrogens (tertiary/aromatic N) is 1. The molecule has 0 aliphatic carbocycles. The van der Waals surface area contributed by atoms with Crippen molar-refractivity contribution in [2.45, 2.75) is 25.0 Å². The third-order valence-electron chi connectivity index (χ3n) is 2.95. The molecule has 0 bridgehead atoms. The normalized spacial score (nSPS) is 21.4. The van der Waals surface area contributed by atoms with Crippen molar-refractivity contribution in [3.8, 4) is 0 Å². The number of nitro groups is 1. The number of amides is 1. The van der Waals surface area contributed by atoms with Crippen molar-refractivity contribution >= 4 is 23.3 Å². The van der Waals surface area contributed by atoms with Crippen LogP contribution in [0, 0.1) is 10.1 Å². The molecule has 2 N–H and O–H groups in total. The van der Waals surface area contributed by atoms with Crippen LogP contribution in [0.4, 0.5) is 11.4 Å². The molecule has 106 valence electrons. The highest BCUT2D eigenvalue weighted by molar-refractivity contribution is 5.96. The van der Waals surface area contributed by atoms with Crippen molar-refractivity contribution in [3.63, 3.8) is 0 Å². The van der Waals surface area contributed by atoms with Crippen molar-refractivity contribution in [2.75, 3.05) is 5.32 Å². The first-order valence-electron chi connectivity index (χ1n) is 5.91. The Morgan fingerprint density at radius 1 is 1.30 bits per heavy atom. The molecule has 1 amide bonds. The van der Waals surface area contributed by atoms with E-state index in [9.17, 15) is 19.7 Å². The Balaban J connectivity index is 2.06. The molecule has 2 rings (SSSR count). The second kappa shape index (κ2) is 5.66. The lowest BCUT2D eigenvalue weighted by Gasteiger charge is -2.11. The first-order valence-corrected chi connectivity index (χ1v) is 5.91. The highest BCUT2D eigenvalue weighted by Gasteiger charge is 2.35. The number of benzene rings is 1. The molecule has 1 aliphatic heterocycles. The van der Waals surface area contributed by atoms with Crippen LogP contribution in [0.25, 0.3) is 0 Å². The Hall–Kier alpha value is -2.48. The maximum atomic E-state index is 11.9. The molecule has 0 saturated carbocycles.